The van der Waals surface area contributed by atoms with E-state index in [1.807, 2.05) is 0 Å². The highest BCUT2D eigenvalue weighted by atomic mass is 19.4. The Morgan fingerprint density at radius 2 is 2.09 bits per heavy atom. The Balaban J connectivity index is 2.48. The molecule has 4 nitrogen and oxygen atoms in total. The summed E-state index contributed by atoms with van der Waals surface area (Å²) < 4.78 is 43.3. The number of alkyl halides is 3. The molecule has 0 amide bonds. The van der Waals surface area contributed by atoms with E-state index in [4.69, 9.17) is 4.74 Å². The van der Waals surface area contributed by atoms with Crippen LogP contribution in [0.25, 0.3) is 17.3 Å². The van der Waals surface area contributed by atoms with Gasteiger partial charge < -0.3 is 4.74 Å². The highest BCUT2D eigenvalue weighted by Gasteiger charge is 2.33. The molecule has 0 aromatic carbocycles. The third kappa shape index (κ3) is 4.38. The smallest absolute Gasteiger partial charge is 0.433 e. The van der Waals surface area contributed by atoms with Crippen molar-refractivity contribution in [3.8, 4) is 11.3 Å². The summed E-state index contributed by atoms with van der Waals surface area (Å²) in [6.07, 6.45) is 0.872. The molecule has 2 rings (SSSR count). The fourth-order valence-electron chi connectivity index (χ4n) is 1.84. The fraction of sp³-hybridized carbons (Fsp3) is 0.188. The summed E-state index contributed by atoms with van der Waals surface area (Å²) in [5.41, 5.74) is -0.140. The Hall–Kier alpha value is -2.70. The molecule has 0 N–H and O–H groups in total. The molecule has 2 heterocycles. The van der Waals surface area contributed by atoms with Gasteiger partial charge in [-0.1, -0.05) is 6.07 Å². The molecular formula is C16H13F3N2O2. The first kappa shape index (κ1) is 16.7. The lowest BCUT2D eigenvalue weighted by molar-refractivity contribution is -0.141. The highest BCUT2D eigenvalue weighted by molar-refractivity contribution is 5.88. The van der Waals surface area contributed by atoms with Gasteiger partial charge in [0, 0.05) is 29.6 Å². The number of pyridine rings is 2. The van der Waals surface area contributed by atoms with Gasteiger partial charge in [0.1, 0.15) is 5.69 Å². The van der Waals surface area contributed by atoms with E-state index in [2.05, 4.69) is 9.97 Å². The van der Waals surface area contributed by atoms with Crippen molar-refractivity contribution in [3.05, 3.63) is 54.0 Å². The maximum atomic E-state index is 12.9. The van der Waals surface area contributed by atoms with Crippen molar-refractivity contribution in [2.75, 3.05) is 6.61 Å². The van der Waals surface area contributed by atoms with Crippen LogP contribution in [0.4, 0.5) is 13.2 Å². The Morgan fingerprint density at radius 1 is 1.30 bits per heavy atom. The zero-order valence-corrected chi connectivity index (χ0v) is 12.2. The average molecular weight is 322 g/mol. The van der Waals surface area contributed by atoms with Crippen molar-refractivity contribution in [2.24, 2.45) is 0 Å². The molecule has 0 bridgehead atoms. The predicted molar refractivity (Wildman–Crippen MR) is 78.1 cm³/mol. The first-order valence-corrected chi connectivity index (χ1v) is 6.75. The highest BCUT2D eigenvalue weighted by Crippen LogP contribution is 2.31. The second-order valence-electron chi connectivity index (χ2n) is 4.46. The molecule has 0 aliphatic heterocycles. The Kier molecular flexibility index (Phi) is 5.10. The molecule has 7 heteroatoms. The largest absolute Gasteiger partial charge is 0.463 e. The van der Waals surface area contributed by atoms with E-state index in [0.29, 0.717) is 11.1 Å². The van der Waals surface area contributed by atoms with Crippen LogP contribution in [0.2, 0.25) is 0 Å². The third-order valence-corrected chi connectivity index (χ3v) is 2.84. The standard InChI is InChI=1S/C16H13F3N2O2/c1-2-23-14(22)8-6-11-5-7-13(16(17,18)19)21-15(11)12-4-3-9-20-10-12/h3-10H,2H2,1H3. The lowest BCUT2D eigenvalue weighted by Gasteiger charge is -2.10. The number of hydrogen-bond donors (Lipinski definition) is 0. The molecule has 23 heavy (non-hydrogen) atoms. The second-order valence-corrected chi connectivity index (χ2v) is 4.46. The summed E-state index contributed by atoms with van der Waals surface area (Å²) >= 11 is 0. The number of ether oxygens (including phenoxy) is 1. The van der Waals surface area contributed by atoms with Crippen molar-refractivity contribution in [2.45, 2.75) is 13.1 Å². The quantitative estimate of drug-likeness (QED) is 0.635. The number of aromatic nitrogens is 2. The number of esters is 1. The van der Waals surface area contributed by atoms with E-state index in [1.54, 1.807) is 19.1 Å². The number of rotatable bonds is 4. The minimum Gasteiger partial charge on any atom is -0.463 e. The van der Waals surface area contributed by atoms with Crippen LogP contribution in [0.3, 0.4) is 0 Å². The maximum Gasteiger partial charge on any atom is 0.433 e. The van der Waals surface area contributed by atoms with Gasteiger partial charge in [-0.3, -0.25) is 4.98 Å². The van der Waals surface area contributed by atoms with E-state index in [0.717, 1.165) is 12.1 Å². The Morgan fingerprint density at radius 3 is 2.70 bits per heavy atom. The Labute approximate surface area is 130 Å². The molecule has 0 saturated carbocycles. The summed E-state index contributed by atoms with van der Waals surface area (Å²) in [5.74, 6) is -0.579. The van der Waals surface area contributed by atoms with E-state index in [9.17, 15) is 18.0 Å². The van der Waals surface area contributed by atoms with Crippen LogP contribution in [0, 0.1) is 0 Å². The average Bonchev–Trinajstić information content (AvgIpc) is 2.53. The van der Waals surface area contributed by atoms with E-state index in [-0.39, 0.29) is 12.3 Å². The van der Waals surface area contributed by atoms with Crippen LogP contribution in [0.15, 0.2) is 42.7 Å². The van der Waals surface area contributed by atoms with Crippen molar-refractivity contribution in [3.63, 3.8) is 0 Å². The SMILES string of the molecule is CCOC(=O)C=Cc1ccc(C(F)(F)F)nc1-c1cccnc1. The molecule has 120 valence electrons. The van der Waals surface area contributed by atoms with Crippen molar-refractivity contribution < 1.29 is 22.7 Å². The van der Waals surface area contributed by atoms with Gasteiger partial charge in [-0.25, -0.2) is 9.78 Å². The lowest BCUT2D eigenvalue weighted by Crippen LogP contribution is -2.09. The predicted octanol–water partition coefficient (Wildman–Crippen LogP) is 3.74. The van der Waals surface area contributed by atoms with Crippen LogP contribution in [0.5, 0.6) is 0 Å². The summed E-state index contributed by atoms with van der Waals surface area (Å²) in [4.78, 5) is 18.9. The summed E-state index contributed by atoms with van der Waals surface area (Å²) in [6.45, 7) is 1.87. The zero-order valence-electron chi connectivity index (χ0n) is 12.2. The van der Waals surface area contributed by atoms with Gasteiger partial charge in [-0.15, -0.1) is 0 Å². The summed E-state index contributed by atoms with van der Waals surface area (Å²) in [7, 11) is 0. The number of carbonyl (C=O) groups excluding carboxylic acids is 1. The first-order chi connectivity index (χ1) is 10.9. The van der Waals surface area contributed by atoms with E-state index < -0.39 is 17.8 Å². The Bertz CT molecular complexity index is 713. The molecule has 2 aromatic heterocycles. The minimum absolute atomic E-state index is 0.0912. The summed E-state index contributed by atoms with van der Waals surface area (Å²) in [6, 6.07) is 5.31. The monoisotopic (exact) mass is 322 g/mol. The van der Waals surface area contributed by atoms with Crippen LogP contribution < -0.4 is 0 Å². The van der Waals surface area contributed by atoms with Crippen LogP contribution in [-0.4, -0.2) is 22.5 Å². The van der Waals surface area contributed by atoms with Gasteiger partial charge in [-0.05, 0) is 31.2 Å². The molecule has 0 radical (unpaired) electrons. The van der Waals surface area contributed by atoms with Crippen molar-refractivity contribution in [1.82, 2.24) is 9.97 Å². The van der Waals surface area contributed by atoms with Gasteiger partial charge in [0.15, 0.2) is 0 Å². The van der Waals surface area contributed by atoms with E-state index in [1.165, 1.54) is 24.5 Å². The van der Waals surface area contributed by atoms with Gasteiger partial charge >= 0.3 is 12.1 Å². The summed E-state index contributed by atoms with van der Waals surface area (Å²) in [5, 5.41) is 0. The van der Waals surface area contributed by atoms with Gasteiger partial charge in [-0.2, -0.15) is 13.2 Å². The van der Waals surface area contributed by atoms with Gasteiger partial charge in [0.2, 0.25) is 0 Å². The molecule has 0 fully saturated rings. The molecule has 0 saturated heterocycles. The number of nitrogens with zero attached hydrogens (tertiary/aromatic N) is 2. The molecular weight excluding hydrogens is 309 g/mol. The van der Waals surface area contributed by atoms with Gasteiger partial charge in [0.25, 0.3) is 0 Å². The normalized spacial score (nSPS) is 11.7. The van der Waals surface area contributed by atoms with Crippen LogP contribution >= 0.6 is 0 Å². The van der Waals surface area contributed by atoms with Crippen molar-refractivity contribution >= 4 is 12.0 Å². The van der Waals surface area contributed by atoms with E-state index >= 15 is 0 Å². The molecule has 2 aromatic rings. The van der Waals surface area contributed by atoms with Crippen LogP contribution in [0.1, 0.15) is 18.2 Å². The lowest BCUT2D eigenvalue weighted by atomic mass is 10.1. The molecule has 0 aliphatic carbocycles. The minimum atomic E-state index is -4.56. The van der Waals surface area contributed by atoms with Gasteiger partial charge in [0.05, 0.1) is 12.3 Å². The molecule has 0 unspecified atom stereocenters. The molecule has 0 spiro atoms. The zero-order chi connectivity index (χ0) is 16.9. The number of halogens is 3. The van der Waals surface area contributed by atoms with Crippen LogP contribution in [-0.2, 0) is 15.7 Å². The number of hydrogen-bond acceptors (Lipinski definition) is 4. The molecule has 0 aliphatic rings. The second kappa shape index (κ2) is 7.04. The maximum absolute atomic E-state index is 12.9. The van der Waals surface area contributed by atoms with Crippen molar-refractivity contribution in [1.29, 1.82) is 0 Å². The molecule has 0 atom stereocenters. The number of carbonyl (C=O) groups is 1. The fourth-order valence-corrected chi connectivity index (χ4v) is 1.84. The third-order valence-electron chi connectivity index (χ3n) is 2.84. The first-order valence-electron chi connectivity index (χ1n) is 6.75. The topological polar surface area (TPSA) is 52.1 Å².